The molecule has 0 aromatic heterocycles. The van der Waals surface area contributed by atoms with E-state index < -0.39 is 10.0 Å². The Kier molecular flexibility index (Phi) is 7.36. The predicted octanol–water partition coefficient (Wildman–Crippen LogP) is 3.12. The zero-order valence-electron chi connectivity index (χ0n) is 16.5. The zero-order chi connectivity index (χ0) is 20.1. The molecule has 0 radical (unpaired) electrons. The number of carbonyl (C=O) groups is 1. The second-order valence-electron chi connectivity index (χ2n) is 7.60. The number of carbonyl (C=O) groups excluding carboxylic acids is 1. The van der Waals surface area contributed by atoms with Gasteiger partial charge in [-0.3, -0.25) is 9.69 Å². The lowest BCUT2D eigenvalue weighted by Gasteiger charge is -2.23. The van der Waals surface area contributed by atoms with Crippen LogP contribution >= 0.6 is 11.6 Å². The standard InChI is InChI=1S/C20H30ClN3O3S/c1-2-23-11-7-8-17(23)15-22-20(25)16-9-10-18(21)19(14-16)28(26,27)24-12-5-3-4-6-13-24/h9-10,14,17H,2-8,11-13,15H2,1H3,(H,22,25). The van der Waals surface area contributed by atoms with Crippen LogP contribution in [0.3, 0.4) is 0 Å². The summed E-state index contributed by atoms with van der Waals surface area (Å²) < 4.78 is 27.7. The lowest BCUT2D eigenvalue weighted by molar-refractivity contribution is 0.0941. The maximum Gasteiger partial charge on any atom is 0.251 e. The molecule has 0 saturated carbocycles. The quantitative estimate of drug-likeness (QED) is 0.757. The third-order valence-corrected chi connectivity index (χ3v) is 8.16. The van der Waals surface area contributed by atoms with Crippen molar-refractivity contribution >= 4 is 27.5 Å². The lowest BCUT2D eigenvalue weighted by atomic mass is 10.2. The second-order valence-corrected chi connectivity index (χ2v) is 9.91. The predicted molar refractivity (Wildman–Crippen MR) is 111 cm³/mol. The van der Waals surface area contributed by atoms with Crippen LogP contribution in [-0.2, 0) is 10.0 Å². The van der Waals surface area contributed by atoms with E-state index in [-0.39, 0.29) is 15.8 Å². The van der Waals surface area contributed by atoms with Crippen molar-refractivity contribution in [3.05, 3.63) is 28.8 Å². The molecule has 0 bridgehead atoms. The van der Waals surface area contributed by atoms with E-state index in [0.717, 1.165) is 51.6 Å². The summed E-state index contributed by atoms with van der Waals surface area (Å²) in [6.07, 6.45) is 6.01. The van der Waals surface area contributed by atoms with Gasteiger partial charge in [-0.15, -0.1) is 0 Å². The molecule has 2 aliphatic heterocycles. The molecular formula is C20H30ClN3O3S. The Labute approximate surface area is 173 Å². The van der Waals surface area contributed by atoms with Crippen molar-refractivity contribution in [2.24, 2.45) is 0 Å². The second kappa shape index (κ2) is 9.57. The Morgan fingerprint density at radius 2 is 1.86 bits per heavy atom. The normalized spacial score (nSPS) is 22.1. The number of hydrogen-bond donors (Lipinski definition) is 1. The number of nitrogens with one attached hydrogen (secondary N) is 1. The number of nitrogens with zero attached hydrogens (tertiary/aromatic N) is 2. The molecule has 1 unspecified atom stereocenters. The van der Waals surface area contributed by atoms with Gasteiger partial charge >= 0.3 is 0 Å². The molecule has 3 rings (SSSR count). The molecule has 6 nitrogen and oxygen atoms in total. The van der Waals surface area contributed by atoms with Crippen LogP contribution in [0.4, 0.5) is 0 Å². The molecule has 8 heteroatoms. The highest BCUT2D eigenvalue weighted by Gasteiger charge is 2.28. The van der Waals surface area contributed by atoms with Crippen molar-refractivity contribution in [1.82, 2.24) is 14.5 Å². The van der Waals surface area contributed by atoms with Crippen LogP contribution < -0.4 is 5.32 Å². The zero-order valence-corrected chi connectivity index (χ0v) is 18.1. The van der Waals surface area contributed by atoms with Crippen molar-refractivity contribution in [2.75, 3.05) is 32.7 Å². The van der Waals surface area contributed by atoms with E-state index in [1.54, 1.807) is 6.07 Å². The van der Waals surface area contributed by atoms with E-state index in [4.69, 9.17) is 11.6 Å². The van der Waals surface area contributed by atoms with Crippen molar-refractivity contribution in [1.29, 1.82) is 0 Å². The smallest absolute Gasteiger partial charge is 0.251 e. The van der Waals surface area contributed by atoms with Crippen LogP contribution in [0, 0.1) is 0 Å². The molecule has 2 fully saturated rings. The summed E-state index contributed by atoms with van der Waals surface area (Å²) in [7, 11) is -3.70. The first-order valence-electron chi connectivity index (χ1n) is 10.3. The molecule has 28 heavy (non-hydrogen) atoms. The van der Waals surface area contributed by atoms with Gasteiger partial charge in [0.15, 0.2) is 0 Å². The van der Waals surface area contributed by atoms with Crippen LogP contribution in [0.1, 0.15) is 55.8 Å². The number of amides is 1. The topological polar surface area (TPSA) is 69.7 Å². The first-order valence-corrected chi connectivity index (χ1v) is 12.1. The third-order valence-electron chi connectivity index (χ3n) is 5.78. The molecule has 1 aromatic carbocycles. The molecule has 1 atom stereocenters. The number of sulfonamides is 1. The molecule has 2 aliphatic rings. The Morgan fingerprint density at radius 1 is 1.14 bits per heavy atom. The maximum absolute atomic E-state index is 13.1. The van der Waals surface area contributed by atoms with Crippen molar-refractivity contribution in [3.8, 4) is 0 Å². The van der Waals surface area contributed by atoms with Crippen molar-refractivity contribution in [3.63, 3.8) is 0 Å². The monoisotopic (exact) mass is 427 g/mol. The fourth-order valence-corrected chi connectivity index (χ4v) is 6.14. The number of likely N-dealkylation sites (N-methyl/N-ethyl adjacent to an activating group) is 1. The van der Waals surface area contributed by atoms with Gasteiger partial charge in [0.1, 0.15) is 4.90 Å². The minimum atomic E-state index is -3.70. The molecule has 1 aromatic rings. The van der Waals surface area contributed by atoms with Gasteiger partial charge in [0.2, 0.25) is 10.0 Å². The van der Waals surface area contributed by atoms with Crippen LogP contribution in [0.5, 0.6) is 0 Å². The number of halogens is 1. The highest BCUT2D eigenvalue weighted by Crippen LogP contribution is 2.27. The summed E-state index contributed by atoms with van der Waals surface area (Å²) in [5.74, 6) is -0.257. The van der Waals surface area contributed by atoms with Crippen LogP contribution in [0.2, 0.25) is 5.02 Å². The Balaban J connectivity index is 1.74. The molecule has 0 aliphatic carbocycles. The van der Waals surface area contributed by atoms with Gasteiger partial charge in [-0.05, 0) is 57.0 Å². The SMILES string of the molecule is CCN1CCCC1CNC(=O)c1ccc(Cl)c(S(=O)(=O)N2CCCCCC2)c1. The average molecular weight is 428 g/mol. The van der Waals surface area contributed by atoms with Crippen LogP contribution in [-0.4, -0.2) is 62.3 Å². The number of benzene rings is 1. The van der Waals surface area contributed by atoms with E-state index in [0.29, 0.717) is 31.2 Å². The first kappa shape index (κ1) is 21.6. The highest BCUT2D eigenvalue weighted by molar-refractivity contribution is 7.89. The number of likely N-dealkylation sites (tertiary alicyclic amines) is 1. The minimum Gasteiger partial charge on any atom is -0.350 e. The van der Waals surface area contributed by atoms with E-state index >= 15 is 0 Å². The summed E-state index contributed by atoms with van der Waals surface area (Å²) in [5.41, 5.74) is 0.332. The van der Waals surface area contributed by atoms with Crippen LogP contribution in [0.25, 0.3) is 0 Å². The van der Waals surface area contributed by atoms with Crippen molar-refractivity contribution < 1.29 is 13.2 Å². The minimum absolute atomic E-state index is 0.0276. The van der Waals surface area contributed by atoms with E-state index in [1.807, 2.05) is 0 Å². The fourth-order valence-electron chi connectivity index (χ4n) is 4.12. The number of rotatable bonds is 6. The Hall–Kier alpha value is -1.15. The third kappa shape index (κ3) is 4.87. The van der Waals surface area contributed by atoms with Crippen molar-refractivity contribution in [2.45, 2.75) is 56.4 Å². The molecular weight excluding hydrogens is 398 g/mol. The molecule has 1 N–H and O–H groups in total. The summed E-state index contributed by atoms with van der Waals surface area (Å²) >= 11 is 6.22. The van der Waals surface area contributed by atoms with Gasteiger partial charge in [0, 0.05) is 31.2 Å². The largest absolute Gasteiger partial charge is 0.350 e. The maximum atomic E-state index is 13.1. The summed E-state index contributed by atoms with van der Waals surface area (Å²) in [5, 5.41) is 3.12. The van der Waals surface area contributed by atoms with Gasteiger partial charge in [0.25, 0.3) is 5.91 Å². The van der Waals surface area contributed by atoms with Gasteiger partial charge < -0.3 is 5.32 Å². The molecule has 2 heterocycles. The van der Waals surface area contributed by atoms with E-state index in [9.17, 15) is 13.2 Å². The first-order chi connectivity index (χ1) is 13.4. The summed E-state index contributed by atoms with van der Waals surface area (Å²) in [4.78, 5) is 15.0. The summed E-state index contributed by atoms with van der Waals surface area (Å²) in [6.45, 7) is 5.74. The number of hydrogen-bond acceptors (Lipinski definition) is 4. The molecule has 0 spiro atoms. The van der Waals surface area contributed by atoms with Gasteiger partial charge in [-0.2, -0.15) is 4.31 Å². The fraction of sp³-hybridized carbons (Fsp3) is 0.650. The van der Waals surface area contributed by atoms with Crippen LogP contribution in [0.15, 0.2) is 23.1 Å². The average Bonchev–Trinajstić information content (AvgIpc) is 2.96. The summed E-state index contributed by atoms with van der Waals surface area (Å²) in [6, 6.07) is 4.87. The van der Waals surface area contributed by atoms with Gasteiger partial charge in [-0.25, -0.2) is 8.42 Å². The highest BCUT2D eigenvalue weighted by atomic mass is 35.5. The molecule has 156 valence electrons. The molecule has 2 saturated heterocycles. The Morgan fingerprint density at radius 3 is 2.54 bits per heavy atom. The van der Waals surface area contributed by atoms with Gasteiger partial charge in [-0.1, -0.05) is 31.4 Å². The van der Waals surface area contributed by atoms with E-state index in [1.165, 1.54) is 16.4 Å². The van der Waals surface area contributed by atoms with Gasteiger partial charge in [0.05, 0.1) is 5.02 Å². The molecule has 1 amide bonds. The Bertz CT molecular complexity index is 792. The lowest BCUT2D eigenvalue weighted by Crippen LogP contribution is -2.40. The van der Waals surface area contributed by atoms with E-state index in [2.05, 4.69) is 17.1 Å².